The molecule has 0 unspecified atom stereocenters. The van der Waals surface area contributed by atoms with Crippen LogP contribution in [0.15, 0.2) is 53.8 Å². The third kappa shape index (κ3) is 3.97. The van der Waals surface area contributed by atoms with E-state index in [0.717, 1.165) is 35.5 Å². The van der Waals surface area contributed by atoms with Gasteiger partial charge >= 0.3 is 6.18 Å². The molecule has 170 valence electrons. The Kier molecular flexibility index (Phi) is 4.96. The zero-order chi connectivity index (χ0) is 23.4. The lowest BCUT2D eigenvalue weighted by Crippen LogP contribution is -2.13. The predicted molar refractivity (Wildman–Crippen MR) is 115 cm³/mol. The molecule has 4 aromatic rings. The van der Waals surface area contributed by atoms with E-state index in [9.17, 15) is 21.6 Å². The van der Waals surface area contributed by atoms with Crippen molar-refractivity contribution >= 4 is 20.7 Å². The van der Waals surface area contributed by atoms with E-state index in [1.165, 1.54) is 25.4 Å². The van der Waals surface area contributed by atoms with E-state index in [1.807, 2.05) is 12.1 Å². The van der Waals surface area contributed by atoms with Crippen molar-refractivity contribution in [3.05, 3.63) is 60.3 Å². The Hall–Kier alpha value is -3.34. The smallest absolute Gasteiger partial charge is 0.252 e. The molecule has 0 atom stereocenters. The van der Waals surface area contributed by atoms with Gasteiger partial charge in [-0.05, 0) is 37.1 Å². The van der Waals surface area contributed by atoms with Crippen LogP contribution in [0.25, 0.3) is 28.0 Å². The van der Waals surface area contributed by atoms with E-state index in [0.29, 0.717) is 22.6 Å². The molecule has 0 radical (unpaired) electrons. The van der Waals surface area contributed by atoms with Crippen molar-refractivity contribution in [2.75, 3.05) is 5.75 Å². The second-order valence-electron chi connectivity index (χ2n) is 7.85. The standard InChI is InChI=1S/C22H18F3N5O2S/c1-2-33(31,32)19-8-14(17-5-3-4-16(29-17)13-6-7-13)10-27-21(19)30-18-9-20(22(23,24)25)26-11-15(18)12-28-30/h3-5,8-13H,2,6-7H2,1H3. The zero-order valence-electron chi connectivity index (χ0n) is 17.4. The summed E-state index contributed by atoms with van der Waals surface area (Å²) in [6.07, 6.45) is 1.33. The van der Waals surface area contributed by atoms with Crippen molar-refractivity contribution in [1.29, 1.82) is 0 Å². The number of fused-ring (bicyclic) bond motifs is 1. The first kappa shape index (κ1) is 21.5. The number of alkyl halides is 3. The maximum atomic E-state index is 13.2. The molecular formula is C22H18F3N5O2S. The molecule has 1 aliphatic rings. The van der Waals surface area contributed by atoms with E-state index >= 15 is 0 Å². The molecule has 0 saturated heterocycles. The number of nitrogens with zero attached hydrogens (tertiary/aromatic N) is 5. The molecule has 0 aromatic carbocycles. The quantitative estimate of drug-likeness (QED) is 0.422. The van der Waals surface area contributed by atoms with E-state index in [2.05, 4.69) is 20.1 Å². The van der Waals surface area contributed by atoms with Crippen LogP contribution in [0.1, 0.15) is 37.1 Å². The SMILES string of the molecule is CCS(=O)(=O)c1cc(-c2cccc(C3CC3)n2)cnc1-n1ncc2cnc(C(F)(F)F)cc21. The Morgan fingerprint density at radius 3 is 2.58 bits per heavy atom. The maximum Gasteiger partial charge on any atom is 0.433 e. The second kappa shape index (κ2) is 7.62. The number of halogens is 3. The molecule has 0 bridgehead atoms. The summed E-state index contributed by atoms with van der Waals surface area (Å²) >= 11 is 0. The summed E-state index contributed by atoms with van der Waals surface area (Å²) < 4.78 is 66.6. The molecule has 1 fully saturated rings. The molecular weight excluding hydrogens is 455 g/mol. The highest BCUT2D eigenvalue weighted by molar-refractivity contribution is 7.91. The van der Waals surface area contributed by atoms with Crippen LogP contribution < -0.4 is 0 Å². The third-order valence-corrected chi connectivity index (χ3v) is 7.28. The van der Waals surface area contributed by atoms with Crippen molar-refractivity contribution in [2.45, 2.75) is 36.8 Å². The van der Waals surface area contributed by atoms with Gasteiger partial charge in [0.15, 0.2) is 15.7 Å². The van der Waals surface area contributed by atoms with Gasteiger partial charge in [0.2, 0.25) is 0 Å². The van der Waals surface area contributed by atoms with Gasteiger partial charge in [-0.25, -0.2) is 18.1 Å². The first-order valence-electron chi connectivity index (χ1n) is 10.3. The van der Waals surface area contributed by atoms with Gasteiger partial charge in [0.1, 0.15) is 10.6 Å². The van der Waals surface area contributed by atoms with Gasteiger partial charge < -0.3 is 0 Å². The van der Waals surface area contributed by atoms with E-state index in [1.54, 1.807) is 6.07 Å². The number of aromatic nitrogens is 5. The fourth-order valence-electron chi connectivity index (χ4n) is 3.58. The summed E-state index contributed by atoms with van der Waals surface area (Å²) in [5, 5.41) is 4.44. The second-order valence-corrected chi connectivity index (χ2v) is 10.1. The Labute approximate surface area is 187 Å². The van der Waals surface area contributed by atoms with Crippen LogP contribution in [0.3, 0.4) is 0 Å². The Balaban J connectivity index is 1.69. The summed E-state index contributed by atoms with van der Waals surface area (Å²) in [7, 11) is -3.80. The van der Waals surface area contributed by atoms with Gasteiger partial charge in [-0.3, -0.25) is 9.97 Å². The molecule has 0 amide bonds. The molecule has 5 rings (SSSR count). The van der Waals surface area contributed by atoms with Crippen LogP contribution in [0.4, 0.5) is 13.2 Å². The third-order valence-electron chi connectivity index (χ3n) is 5.55. The summed E-state index contributed by atoms with van der Waals surface area (Å²) in [4.78, 5) is 12.3. The molecule has 4 aromatic heterocycles. The van der Waals surface area contributed by atoms with Crippen LogP contribution in [-0.2, 0) is 16.0 Å². The molecule has 0 aliphatic heterocycles. The lowest BCUT2D eigenvalue weighted by atomic mass is 10.1. The van der Waals surface area contributed by atoms with Crippen LogP contribution in [0.2, 0.25) is 0 Å². The molecule has 0 N–H and O–H groups in total. The highest BCUT2D eigenvalue weighted by Crippen LogP contribution is 2.39. The molecule has 11 heteroatoms. The van der Waals surface area contributed by atoms with Gasteiger partial charge in [-0.1, -0.05) is 13.0 Å². The fraction of sp³-hybridized carbons (Fsp3) is 0.273. The topological polar surface area (TPSA) is 90.6 Å². The van der Waals surface area contributed by atoms with Gasteiger partial charge in [0.25, 0.3) is 0 Å². The first-order valence-corrected chi connectivity index (χ1v) is 11.9. The number of rotatable bonds is 5. The van der Waals surface area contributed by atoms with Gasteiger partial charge in [0, 0.05) is 35.0 Å². The highest BCUT2D eigenvalue weighted by atomic mass is 32.2. The molecule has 7 nitrogen and oxygen atoms in total. The largest absolute Gasteiger partial charge is 0.433 e. The van der Waals surface area contributed by atoms with Crippen molar-refractivity contribution < 1.29 is 21.6 Å². The van der Waals surface area contributed by atoms with Crippen molar-refractivity contribution in [2.24, 2.45) is 0 Å². The predicted octanol–water partition coefficient (Wildman–Crippen LogP) is 4.57. The maximum absolute atomic E-state index is 13.2. The first-order chi connectivity index (χ1) is 15.7. The van der Waals surface area contributed by atoms with Crippen LogP contribution in [0, 0.1) is 0 Å². The fourth-order valence-corrected chi connectivity index (χ4v) is 4.62. The summed E-state index contributed by atoms with van der Waals surface area (Å²) in [6.45, 7) is 1.49. The Morgan fingerprint density at radius 2 is 1.88 bits per heavy atom. The zero-order valence-corrected chi connectivity index (χ0v) is 18.2. The Bertz CT molecular complexity index is 1480. The lowest BCUT2D eigenvalue weighted by molar-refractivity contribution is -0.141. The summed E-state index contributed by atoms with van der Waals surface area (Å²) in [6, 6.07) is 7.87. The minimum Gasteiger partial charge on any atom is -0.252 e. The number of hydrogen-bond donors (Lipinski definition) is 0. The van der Waals surface area contributed by atoms with Crippen LogP contribution in [0.5, 0.6) is 0 Å². The normalized spacial score (nSPS) is 14.7. The minimum absolute atomic E-state index is 0.0546. The molecule has 1 saturated carbocycles. The van der Waals surface area contributed by atoms with Crippen LogP contribution >= 0.6 is 0 Å². The van der Waals surface area contributed by atoms with Crippen LogP contribution in [-0.4, -0.2) is 38.9 Å². The van der Waals surface area contributed by atoms with Crippen molar-refractivity contribution in [3.8, 4) is 17.1 Å². The van der Waals surface area contributed by atoms with Gasteiger partial charge in [-0.2, -0.15) is 18.3 Å². The number of sulfone groups is 1. The monoisotopic (exact) mass is 473 g/mol. The Morgan fingerprint density at radius 1 is 1.09 bits per heavy atom. The van der Waals surface area contributed by atoms with E-state index in [4.69, 9.17) is 0 Å². The minimum atomic E-state index is -4.66. The molecule has 0 spiro atoms. The highest BCUT2D eigenvalue weighted by Gasteiger charge is 2.33. The van der Waals surface area contributed by atoms with Crippen molar-refractivity contribution in [1.82, 2.24) is 24.7 Å². The summed E-state index contributed by atoms with van der Waals surface area (Å²) in [5.74, 6) is 0.131. The van der Waals surface area contributed by atoms with Gasteiger partial charge in [0.05, 0.1) is 23.2 Å². The molecule has 33 heavy (non-hydrogen) atoms. The van der Waals surface area contributed by atoms with E-state index in [-0.39, 0.29) is 22.0 Å². The molecule has 4 heterocycles. The van der Waals surface area contributed by atoms with E-state index < -0.39 is 21.7 Å². The average molecular weight is 473 g/mol. The number of hydrogen-bond acceptors (Lipinski definition) is 6. The van der Waals surface area contributed by atoms with Crippen molar-refractivity contribution in [3.63, 3.8) is 0 Å². The average Bonchev–Trinajstić information content (AvgIpc) is 3.57. The van der Waals surface area contributed by atoms with Gasteiger partial charge in [-0.15, -0.1) is 0 Å². The summed E-state index contributed by atoms with van der Waals surface area (Å²) in [5.41, 5.74) is 0.984. The number of pyridine rings is 3. The lowest BCUT2D eigenvalue weighted by Gasteiger charge is -2.12. The molecule has 1 aliphatic carbocycles.